The summed E-state index contributed by atoms with van der Waals surface area (Å²) in [5, 5.41) is 12.8. The van der Waals surface area contributed by atoms with Gasteiger partial charge in [-0.05, 0) is 36.4 Å². The Kier molecular flexibility index (Phi) is 8.70. The fourth-order valence-corrected chi connectivity index (χ4v) is 3.84. The van der Waals surface area contributed by atoms with Crippen molar-refractivity contribution in [3.8, 4) is 0 Å². The average molecular weight is 372 g/mol. The molecule has 0 bridgehead atoms. The molecule has 1 aromatic rings. The van der Waals surface area contributed by atoms with Crippen LogP contribution in [0.1, 0.15) is 44.2 Å². The van der Waals surface area contributed by atoms with E-state index < -0.39 is 12.1 Å². The smallest absolute Gasteiger partial charge is 0.327 e. The van der Waals surface area contributed by atoms with Crippen LogP contribution in [0.3, 0.4) is 0 Å². The maximum absolute atomic E-state index is 12.3. The number of carbonyl (C=O) groups excluding carboxylic acids is 1. The molecule has 2 atom stereocenters. The maximum Gasteiger partial charge on any atom is 0.327 e. The summed E-state index contributed by atoms with van der Waals surface area (Å²) < 4.78 is 4.96. The van der Waals surface area contributed by atoms with Crippen molar-refractivity contribution in [3.05, 3.63) is 44.6 Å². The lowest BCUT2D eigenvalue weighted by atomic mass is 9.99. The monoisotopic (exact) mass is 371 g/mol. The van der Waals surface area contributed by atoms with E-state index >= 15 is 0 Å². The molecular weight excluding hydrogens is 346 g/mol. The third kappa shape index (κ3) is 4.48. The van der Waals surface area contributed by atoms with Gasteiger partial charge in [-0.3, -0.25) is 4.90 Å². The lowest BCUT2D eigenvalue weighted by Crippen LogP contribution is -2.46. The molecule has 1 aliphatic heterocycles. The fraction of sp³-hybridized carbons (Fsp3) is 0.500. The van der Waals surface area contributed by atoms with Crippen molar-refractivity contribution in [2.45, 2.75) is 46.4 Å². The Balaban J connectivity index is 0.00000139. The van der Waals surface area contributed by atoms with Crippen LogP contribution in [-0.4, -0.2) is 35.7 Å². The number of thiophene rings is 1. The number of rotatable bonds is 4. The summed E-state index contributed by atoms with van der Waals surface area (Å²) in [5.74, 6) is -0.376. The molecule has 0 fully saturated rings. The Bertz CT molecular complexity index is 609. The van der Waals surface area contributed by atoms with Crippen molar-refractivity contribution in [3.63, 3.8) is 0 Å². The molecule has 2 unspecified atom stereocenters. The first-order valence-electron chi connectivity index (χ1n) is 8.08. The fourth-order valence-electron chi connectivity index (χ4n) is 2.73. The number of nitrogens with zero attached hydrogens (tertiary/aromatic N) is 1. The summed E-state index contributed by atoms with van der Waals surface area (Å²) in [4.78, 5) is 15.2. The van der Waals surface area contributed by atoms with Crippen molar-refractivity contribution in [1.29, 1.82) is 0 Å². The highest BCUT2D eigenvalue weighted by molar-refractivity contribution is 7.10. The van der Waals surface area contributed by atoms with E-state index in [9.17, 15) is 9.90 Å². The Hall–Kier alpha value is -1.14. The van der Waals surface area contributed by atoms with E-state index in [2.05, 4.69) is 0 Å². The van der Waals surface area contributed by atoms with Gasteiger partial charge in [0.1, 0.15) is 12.1 Å². The number of aliphatic hydroxyl groups is 1. The number of esters is 1. The molecule has 0 spiro atoms. The molecule has 0 saturated heterocycles. The van der Waals surface area contributed by atoms with Crippen molar-refractivity contribution >= 4 is 28.9 Å². The standard InChI is InChI=1S/C16H20ClNO3S.C2H6/c1-4-11(12(17)5-2)14(16(20)21-3)18-8-10-6-7-22-15(10)13(19)9-18;1-2/h4-7,13-14,19H,8-9H2,1-3H3;1-2H3/b11-4+,12-5+;. The van der Waals surface area contributed by atoms with Gasteiger partial charge in [0.15, 0.2) is 0 Å². The third-order valence-corrected chi connectivity index (χ3v) is 5.29. The minimum absolute atomic E-state index is 0.374. The second-order valence-electron chi connectivity index (χ2n) is 5.06. The topological polar surface area (TPSA) is 49.8 Å². The van der Waals surface area contributed by atoms with Gasteiger partial charge in [-0.15, -0.1) is 11.3 Å². The van der Waals surface area contributed by atoms with Crippen LogP contribution in [-0.2, 0) is 16.1 Å². The number of halogens is 1. The molecule has 0 amide bonds. The summed E-state index contributed by atoms with van der Waals surface area (Å²) in [6, 6.07) is 1.36. The van der Waals surface area contributed by atoms with E-state index in [1.54, 1.807) is 17.4 Å². The first-order chi connectivity index (χ1) is 11.5. The Morgan fingerprint density at radius 2 is 2.12 bits per heavy atom. The molecular formula is C18H26ClNO3S. The van der Waals surface area contributed by atoms with Crippen molar-refractivity contribution in [2.75, 3.05) is 13.7 Å². The highest BCUT2D eigenvalue weighted by Crippen LogP contribution is 2.34. The second-order valence-corrected chi connectivity index (χ2v) is 6.42. The molecule has 6 heteroatoms. The molecule has 134 valence electrons. The van der Waals surface area contributed by atoms with Crippen LogP contribution < -0.4 is 0 Å². The highest BCUT2D eigenvalue weighted by atomic mass is 35.5. The molecule has 2 rings (SSSR count). The van der Waals surface area contributed by atoms with Crippen molar-refractivity contribution in [2.24, 2.45) is 0 Å². The van der Waals surface area contributed by atoms with Crippen molar-refractivity contribution in [1.82, 2.24) is 4.90 Å². The van der Waals surface area contributed by atoms with Gasteiger partial charge in [-0.2, -0.15) is 0 Å². The van der Waals surface area contributed by atoms with Crippen LogP contribution in [0, 0.1) is 0 Å². The van der Waals surface area contributed by atoms with Crippen molar-refractivity contribution < 1.29 is 14.6 Å². The van der Waals surface area contributed by atoms with Gasteiger partial charge in [0.05, 0.1) is 7.11 Å². The summed E-state index contributed by atoms with van der Waals surface area (Å²) in [7, 11) is 1.36. The maximum atomic E-state index is 12.3. The number of carbonyl (C=O) groups is 1. The number of aliphatic hydroxyl groups excluding tert-OH is 1. The molecule has 1 aromatic heterocycles. The van der Waals surface area contributed by atoms with Crippen LogP contribution in [0.5, 0.6) is 0 Å². The summed E-state index contributed by atoms with van der Waals surface area (Å²) >= 11 is 7.80. The molecule has 0 radical (unpaired) electrons. The lowest BCUT2D eigenvalue weighted by molar-refractivity contribution is -0.146. The zero-order chi connectivity index (χ0) is 18.3. The molecule has 2 heterocycles. The van der Waals surface area contributed by atoms with Crippen LogP contribution in [0.2, 0.25) is 0 Å². The van der Waals surface area contributed by atoms with Crippen LogP contribution in [0.25, 0.3) is 0 Å². The zero-order valence-electron chi connectivity index (χ0n) is 14.9. The van der Waals surface area contributed by atoms with E-state index in [4.69, 9.17) is 16.3 Å². The largest absolute Gasteiger partial charge is 0.468 e. The predicted molar refractivity (Wildman–Crippen MR) is 100 cm³/mol. The Morgan fingerprint density at radius 1 is 1.46 bits per heavy atom. The molecule has 0 aliphatic carbocycles. The molecule has 1 aliphatic rings. The number of allylic oxidation sites excluding steroid dienone is 2. The predicted octanol–water partition coefficient (Wildman–Crippen LogP) is 4.25. The van der Waals surface area contributed by atoms with E-state index in [0.29, 0.717) is 23.7 Å². The summed E-state index contributed by atoms with van der Waals surface area (Å²) in [6.07, 6.45) is 2.97. The normalized spacial score (nSPS) is 19.9. The van der Waals surface area contributed by atoms with Gasteiger partial charge in [-0.1, -0.05) is 37.6 Å². The first-order valence-corrected chi connectivity index (χ1v) is 9.33. The van der Waals surface area contributed by atoms with E-state index in [0.717, 1.165) is 10.4 Å². The molecule has 24 heavy (non-hydrogen) atoms. The molecule has 1 N–H and O–H groups in total. The number of methoxy groups -OCH3 is 1. The number of β-amino-alcohol motifs (C(OH)–C–C–N with tert-alkyl or cyclic N) is 1. The van der Waals surface area contributed by atoms with E-state index in [1.807, 2.05) is 50.1 Å². The Morgan fingerprint density at radius 3 is 2.67 bits per heavy atom. The number of fused-ring (bicyclic) bond motifs is 1. The zero-order valence-corrected chi connectivity index (χ0v) is 16.4. The van der Waals surface area contributed by atoms with E-state index in [-0.39, 0.29) is 5.97 Å². The first kappa shape index (κ1) is 20.9. The highest BCUT2D eigenvalue weighted by Gasteiger charge is 2.36. The SMILES string of the molecule is C/C=C(\C(Cl)=C/C)C(C(=O)OC)N1Cc2ccsc2C(O)C1.CC. The second kappa shape index (κ2) is 9.99. The molecule has 0 saturated carbocycles. The quantitative estimate of drug-likeness (QED) is 0.634. The van der Waals surface area contributed by atoms with Gasteiger partial charge in [-0.25, -0.2) is 4.79 Å². The number of ether oxygens (including phenoxy) is 1. The molecule has 0 aromatic carbocycles. The van der Waals surface area contributed by atoms with Crippen LogP contribution >= 0.6 is 22.9 Å². The Labute approximate surface area is 153 Å². The van der Waals surface area contributed by atoms with Gasteiger partial charge >= 0.3 is 5.97 Å². The lowest BCUT2D eigenvalue weighted by Gasteiger charge is -2.36. The summed E-state index contributed by atoms with van der Waals surface area (Å²) in [6.45, 7) is 8.62. The summed E-state index contributed by atoms with van der Waals surface area (Å²) in [5.41, 5.74) is 1.74. The van der Waals surface area contributed by atoms with Crippen LogP contribution in [0.15, 0.2) is 34.2 Å². The minimum Gasteiger partial charge on any atom is -0.468 e. The minimum atomic E-state index is -0.624. The third-order valence-electron chi connectivity index (χ3n) is 3.79. The van der Waals surface area contributed by atoms with Gasteiger partial charge in [0.2, 0.25) is 0 Å². The van der Waals surface area contributed by atoms with Crippen LogP contribution in [0.4, 0.5) is 0 Å². The van der Waals surface area contributed by atoms with E-state index in [1.165, 1.54) is 7.11 Å². The van der Waals surface area contributed by atoms with Gasteiger partial charge in [0, 0.05) is 23.0 Å². The average Bonchev–Trinajstić information content (AvgIpc) is 3.09. The van der Waals surface area contributed by atoms with Gasteiger partial charge in [0.25, 0.3) is 0 Å². The number of hydrogen-bond donors (Lipinski definition) is 1. The number of hydrogen-bond acceptors (Lipinski definition) is 5. The van der Waals surface area contributed by atoms with Gasteiger partial charge < -0.3 is 9.84 Å². The molecule has 4 nitrogen and oxygen atoms in total.